The van der Waals surface area contributed by atoms with Gasteiger partial charge in [0.1, 0.15) is 0 Å². The van der Waals surface area contributed by atoms with Crippen LogP contribution < -0.4 is 0 Å². The van der Waals surface area contributed by atoms with Crippen LogP contribution in [-0.4, -0.2) is 43.2 Å². The summed E-state index contributed by atoms with van der Waals surface area (Å²) in [7, 11) is 0. The van der Waals surface area contributed by atoms with Crippen molar-refractivity contribution in [2.45, 2.75) is 116 Å². The third-order valence-corrected chi connectivity index (χ3v) is 6.03. The number of rotatable bonds is 18. The largest absolute Gasteiger partial charge is 0.480 e. The first-order valence-electron chi connectivity index (χ1n) is 12.2. The van der Waals surface area contributed by atoms with Crippen molar-refractivity contribution in [3.63, 3.8) is 0 Å². The summed E-state index contributed by atoms with van der Waals surface area (Å²) in [5, 5.41) is 9.50. The number of hydrogen-bond acceptors (Lipinski definition) is 5. The molecule has 1 aliphatic rings. The molecule has 0 amide bonds. The first-order valence-corrected chi connectivity index (χ1v) is 12.2. The van der Waals surface area contributed by atoms with Gasteiger partial charge in [-0.15, -0.1) is 0 Å². The molecule has 0 unspecified atom stereocenters. The highest BCUT2D eigenvalue weighted by Gasteiger charge is 2.48. The minimum Gasteiger partial charge on any atom is -0.480 e. The number of carbonyl (C=O) groups is 2. The highest BCUT2D eigenvalue weighted by Crippen LogP contribution is 2.37. The number of unbranched alkanes of at least 4 members (excludes halogenated alkanes) is 8. The van der Waals surface area contributed by atoms with Crippen LogP contribution in [0.25, 0.3) is 0 Å². The van der Waals surface area contributed by atoms with Crippen molar-refractivity contribution in [3.8, 4) is 0 Å². The van der Waals surface area contributed by atoms with E-state index in [1.807, 2.05) is 13.8 Å². The van der Waals surface area contributed by atoms with E-state index in [-0.39, 0.29) is 6.29 Å². The van der Waals surface area contributed by atoms with Gasteiger partial charge in [-0.05, 0) is 46.0 Å². The van der Waals surface area contributed by atoms with Crippen molar-refractivity contribution in [2.24, 2.45) is 5.41 Å². The van der Waals surface area contributed by atoms with Gasteiger partial charge in [0, 0.05) is 13.2 Å². The molecule has 0 aromatic rings. The molecule has 0 aromatic carbocycles. The Morgan fingerprint density at radius 2 is 1.30 bits per heavy atom. The fourth-order valence-electron chi connectivity index (χ4n) is 4.20. The fraction of sp³-hybridized carbons (Fsp3) is 0.917. The van der Waals surface area contributed by atoms with Crippen LogP contribution in [0.3, 0.4) is 0 Å². The summed E-state index contributed by atoms with van der Waals surface area (Å²) in [5.74, 6) is -1.54. The maximum absolute atomic E-state index is 12.3. The second kappa shape index (κ2) is 16.5. The van der Waals surface area contributed by atoms with Crippen molar-refractivity contribution >= 4 is 11.9 Å². The van der Waals surface area contributed by atoms with Crippen LogP contribution in [-0.2, 0) is 23.8 Å². The standard InChI is InChI=1S/C24H44O6/c1-3-28-21(29-4-2)17-13-10-8-6-5-7-9-11-16-20-30-23(27)24(22(25)26)18-14-12-15-19-24/h21H,3-20H2,1-2H3,(H,25,26). The molecule has 30 heavy (non-hydrogen) atoms. The number of esters is 1. The number of aliphatic carboxylic acids is 1. The molecule has 1 aliphatic carbocycles. The smallest absolute Gasteiger partial charge is 0.323 e. The van der Waals surface area contributed by atoms with Gasteiger partial charge in [0.15, 0.2) is 11.7 Å². The molecular formula is C24H44O6. The van der Waals surface area contributed by atoms with Crippen LogP contribution in [0.5, 0.6) is 0 Å². The van der Waals surface area contributed by atoms with E-state index in [9.17, 15) is 14.7 Å². The molecule has 0 spiro atoms. The summed E-state index contributed by atoms with van der Waals surface area (Å²) in [4.78, 5) is 23.9. The summed E-state index contributed by atoms with van der Waals surface area (Å²) < 4.78 is 16.4. The molecule has 1 fully saturated rings. The van der Waals surface area contributed by atoms with E-state index >= 15 is 0 Å². The zero-order chi connectivity index (χ0) is 22.1. The maximum Gasteiger partial charge on any atom is 0.323 e. The Bertz CT molecular complexity index is 453. The van der Waals surface area contributed by atoms with Gasteiger partial charge in [-0.25, -0.2) is 0 Å². The summed E-state index contributed by atoms with van der Waals surface area (Å²) >= 11 is 0. The monoisotopic (exact) mass is 428 g/mol. The van der Waals surface area contributed by atoms with Crippen LogP contribution >= 0.6 is 0 Å². The lowest BCUT2D eigenvalue weighted by Crippen LogP contribution is -2.42. The van der Waals surface area contributed by atoms with Gasteiger partial charge in [-0.2, -0.15) is 0 Å². The predicted molar refractivity (Wildman–Crippen MR) is 117 cm³/mol. The molecular weight excluding hydrogens is 384 g/mol. The number of carbonyl (C=O) groups excluding carboxylic acids is 1. The molecule has 1 rings (SSSR count). The van der Waals surface area contributed by atoms with Crippen LogP contribution in [0.4, 0.5) is 0 Å². The zero-order valence-electron chi connectivity index (χ0n) is 19.3. The van der Waals surface area contributed by atoms with Crippen molar-refractivity contribution < 1.29 is 28.9 Å². The second-order valence-electron chi connectivity index (χ2n) is 8.39. The van der Waals surface area contributed by atoms with Gasteiger partial charge in [0.05, 0.1) is 6.61 Å². The summed E-state index contributed by atoms with van der Waals surface area (Å²) in [6.45, 7) is 5.74. The quantitative estimate of drug-likeness (QED) is 0.127. The molecule has 0 aliphatic heterocycles. The zero-order valence-corrected chi connectivity index (χ0v) is 19.3. The topological polar surface area (TPSA) is 82.1 Å². The Labute approximate surface area is 183 Å². The first-order chi connectivity index (χ1) is 14.6. The Kier molecular flexibility index (Phi) is 14.8. The number of hydrogen-bond donors (Lipinski definition) is 1. The molecule has 0 atom stereocenters. The van der Waals surface area contributed by atoms with Gasteiger partial charge in [-0.1, -0.05) is 64.2 Å². The summed E-state index contributed by atoms with van der Waals surface area (Å²) in [6, 6.07) is 0. The van der Waals surface area contributed by atoms with E-state index in [1.165, 1.54) is 32.1 Å². The number of ether oxygens (including phenoxy) is 3. The van der Waals surface area contributed by atoms with E-state index in [2.05, 4.69) is 0 Å². The van der Waals surface area contributed by atoms with Crippen molar-refractivity contribution in [3.05, 3.63) is 0 Å². The molecule has 176 valence electrons. The minimum atomic E-state index is -1.29. The van der Waals surface area contributed by atoms with Crippen LogP contribution in [0.1, 0.15) is 110 Å². The van der Waals surface area contributed by atoms with Crippen LogP contribution in [0.15, 0.2) is 0 Å². The van der Waals surface area contributed by atoms with Crippen molar-refractivity contribution in [1.82, 2.24) is 0 Å². The molecule has 6 heteroatoms. The molecule has 0 radical (unpaired) electrons. The number of carboxylic acids is 1. The van der Waals surface area contributed by atoms with E-state index in [0.29, 0.717) is 32.7 Å². The molecule has 6 nitrogen and oxygen atoms in total. The third kappa shape index (κ3) is 10.3. The molecule has 0 aromatic heterocycles. The van der Waals surface area contributed by atoms with E-state index in [1.54, 1.807) is 0 Å². The Hall–Kier alpha value is -1.14. The molecule has 0 bridgehead atoms. The highest BCUT2D eigenvalue weighted by atomic mass is 16.7. The average Bonchev–Trinajstić information content (AvgIpc) is 2.74. The van der Waals surface area contributed by atoms with Crippen molar-refractivity contribution in [2.75, 3.05) is 19.8 Å². The number of carboxylic acid groups (broad SMARTS) is 1. The van der Waals surface area contributed by atoms with E-state index in [0.717, 1.165) is 51.4 Å². The minimum absolute atomic E-state index is 0.0439. The second-order valence-corrected chi connectivity index (χ2v) is 8.39. The lowest BCUT2D eigenvalue weighted by molar-refractivity contribution is -0.171. The van der Waals surface area contributed by atoms with E-state index in [4.69, 9.17) is 14.2 Å². The predicted octanol–water partition coefficient (Wildman–Crippen LogP) is 5.86. The Balaban J connectivity index is 1.97. The van der Waals surface area contributed by atoms with Crippen molar-refractivity contribution in [1.29, 1.82) is 0 Å². The van der Waals surface area contributed by atoms with Gasteiger partial charge in [-0.3, -0.25) is 9.59 Å². The maximum atomic E-state index is 12.3. The average molecular weight is 429 g/mol. The molecule has 0 heterocycles. The van der Waals surface area contributed by atoms with Gasteiger partial charge in [0.2, 0.25) is 0 Å². The Morgan fingerprint density at radius 3 is 1.80 bits per heavy atom. The molecule has 0 saturated heterocycles. The lowest BCUT2D eigenvalue weighted by Gasteiger charge is -2.30. The Morgan fingerprint density at radius 1 is 0.800 bits per heavy atom. The molecule has 1 N–H and O–H groups in total. The van der Waals surface area contributed by atoms with Crippen LogP contribution in [0.2, 0.25) is 0 Å². The molecule has 1 saturated carbocycles. The fourth-order valence-corrected chi connectivity index (χ4v) is 4.20. The summed E-state index contributed by atoms with van der Waals surface area (Å²) in [6.07, 6.45) is 14.6. The van der Waals surface area contributed by atoms with Gasteiger partial charge >= 0.3 is 11.9 Å². The third-order valence-electron chi connectivity index (χ3n) is 6.03. The van der Waals surface area contributed by atoms with Gasteiger partial charge in [0.25, 0.3) is 0 Å². The normalized spacial score (nSPS) is 16.0. The summed E-state index contributed by atoms with van der Waals surface area (Å²) in [5.41, 5.74) is -1.29. The lowest BCUT2D eigenvalue weighted by atomic mass is 9.74. The first kappa shape index (κ1) is 26.9. The van der Waals surface area contributed by atoms with E-state index < -0.39 is 17.4 Å². The highest BCUT2D eigenvalue weighted by molar-refractivity contribution is 5.99. The van der Waals surface area contributed by atoms with Crippen LogP contribution in [0, 0.1) is 5.41 Å². The van der Waals surface area contributed by atoms with Gasteiger partial charge < -0.3 is 19.3 Å². The SMILES string of the molecule is CCOC(CCCCCCCCCCCOC(=O)C1(C(=O)O)CCCCC1)OCC.